The van der Waals surface area contributed by atoms with E-state index in [1.54, 1.807) is 19.2 Å². The van der Waals surface area contributed by atoms with Gasteiger partial charge >= 0.3 is 0 Å². The minimum Gasteiger partial charge on any atom is -0.506 e. The Morgan fingerprint density at radius 1 is 1.47 bits per heavy atom. The van der Waals surface area contributed by atoms with E-state index in [0.717, 1.165) is 5.56 Å². The monoisotopic (exact) mass is 207 g/mol. The maximum Gasteiger partial charge on any atom is 0.137 e. The normalized spacial score (nSPS) is 17.1. The van der Waals surface area contributed by atoms with Gasteiger partial charge in [-0.1, -0.05) is 12.8 Å². The fourth-order valence-electron chi connectivity index (χ4n) is 1.91. The number of aromatic hydroxyl groups is 1. The summed E-state index contributed by atoms with van der Waals surface area (Å²) < 4.78 is 5.73. The molecule has 0 aliphatic heterocycles. The summed E-state index contributed by atoms with van der Waals surface area (Å²) in [4.78, 5) is 4.09. The molecule has 0 aromatic carbocycles. The molecule has 0 saturated heterocycles. The van der Waals surface area contributed by atoms with Crippen molar-refractivity contribution in [2.75, 3.05) is 0 Å². The van der Waals surface area contributed by atoms with Crippen LogP contribution in [0.3, 0.4) is 0 Å². The lowest BCUT2D eigenvalue weighted by atomic mass is 10.2. The quantitative estimate of drug-likeness (QED) is 0.828. The van der Waals surface area contributed by atoms with Crippen LogP contribution in [0.1, 0.15) is 36.9 Å². The molecule has 1 fully saturated rings. The van der Waals surface area contributed by atoms with Crippen molar-refractivity contribution in [3.8, 4) is 5.75 Å². The number of aryl methyl sites for hydroxylation is 1. The van der Waals surface area contributed by atoms with Gasteiger partial charge in [-0.3, -0.25) is 4.98 Å². The SMILES string of the molecule is Cc1ncc(COC2CCCC2)cc1O. The number of pyridine rings is 1. The van der Waals surface area contributed by atoms with Gasteiger partial charge in [0, 0.05) is 6.20 Å². The molecule has 2 rings (SSSR count). The van der Waals surface area contributed by atoms with Gasteiger partial charge in [-0.25, -0.2) is 0 Å². The molecule has 1 saturated carbocycles. The summed E-state index contributed by atoms with van der Waals surface area (Å²) in [7, 11) is 0. The van der Waals surface area contributed by atoms with Gasteiger partial charge in [-0.05, 0) is 31.4 Å². The van der Waals surface area contributed by atoms with Gasteiger partial charge in [0.2, 0.25) is 0 Å². The average Bonchev–Trinajstić information content (AvgIpc) is 2.73. The van der Waals surface area contributed by atoms with Crippen LogP contribution in [0.4, 0.5) is 0 Å². The molecule has 0 radical (unpaired) electrons. The Morgan fingerprint density at radius 2 is 2.20 bits per heavy atom. The van der Waals surface area contributed by atoms with Crippen molar-refractivity contribution in [1.29, 1.82) is 0 Å². The van der Waals surface area contributed by atoms with Gasteiger partial charge in [0.25, 0.3) is 0 Å². The molecule has 1 heterocycles. The lowest BCUT2D eigenvalue weighted by molar-refractivity contribution is 0.0454. The molecule has 1 aromatic rings. The van der Waals surface area contributed by atoms with E-state index in [-0.39, 0.29) is 5.75 Å². The van der Waals surface area contributed by atoms with Crippen LogP contribution in [0.5, 0.6) is 5.75 Å². The van der Waals surface area contributed by atoms with E-state index in [0.29, 0.717) is 18.4 Å². The standard InChI is InChI=1S/C12H17NO2/c1-9-12(14)6-10(7-13-9)8-15-11-4-2-3-5-11/h6-7,11,14H,2-5,8H2,1H3. The Balaban J connectivity index is 1.90. The minimum atomic E-state index is 0.252. The smallest absolute Gasteiger partial charge is 0.137 e. The lowest BCUT2D eigenvalue weighted by Crippen LogP contribution is -2.07. The molecule has 1 aromatic heterocycles. The Kier molecular flexibility index (Phi) is 3.21. The molecular weight excluding hydrogens is 190 g/mol. The molecule has 3 heteroatoms. The topological polar surface area (TPSA) is 42.4 Å². The summed E-state index contributed by atoms with van der Waals surface area (Å²) in [6, 6.07) is 1.73. The van der Waals surface area contributed by atoms with Gasteiger partial charge in [0.1, 0.15) is 5.75 Å². The zero-order chi connectivity index (χ0) is 10.7. The Labute approximate surface area is 90.1 Å². The van der Waals surface area contributed by atoms with Crippen molar-refractivity contribution in [1.82, 2.24) is 4.98 Å². The fraction of sp³-hybridized carbons (Fsp3) is 0.583. The van der Waals surface area contributed by atoms with Gasteiger partial charge < -0.3 is 9.84 Å². The second kappa shape index (κ2) is 4.62. The van der Waals surface area contributed by atoms with E-state index in [2.05, 4.69) is 4.98 Å². The molecule has 0 unspecified atom stereocenters. The van der Waals surface area contributed by atoms with E-state index >= 15 is 0 Å². The van der Waals surface area contributed by atoms with E-state index < -0.39 is 0 Å². The van der Waals surface area contributed by atoms with Crippen LogP contribution in [0.15, 0.2) is 12.3 Å². The van der Waals surface area contributed by atoms with E-state index in [1.807, 2.05) is 0 Å². The summed E-state index contributed by atoms with van der Waals surface area (Å²) in [6.45, 7) is 2.35. The van der Waals surface area contributed by atoms with Crippen molar-refractivity contribution in [2.24, 2.45) is 0 Å². The van der Waals surface area contributed by atoms with Gasteiger partial charge in [-0.2, -0.15) is 0 Å². The molecular formula is C12H17NO2. The Bertz CT molecular complexity index is 332. The third-order valence-corrected chi connectivity index (χ3v) is 2.90. The van der Waals surface area contributed by atoms with Crippen molar-refractivity contribution >= 4 is 0 Å². The molecule has 0 atom stereocenters. The summed E-state index contributed by atoms with van der Waals surface area (Å²) in [5, 5.41) is 9.47. The minimum absolute atomic E-state index is 0.252. The molecule has 1 aliphatic rings. The Hall–Kier alpha value is -1.09. The van der Waals surface area contributed by atoms with E-state index in [4.69, 9.17) is 4.74 Å². The zero-order valence-electron chi connectivity index (χ0n) is 9.07. The number of ether oxygens (including phenoxy) is 1. The van der Waals surface area contributed by atoms with Gasteiger partial charge in [0.05, 0.1) is 18.4 Å². The fourth-order valence-corrected chi connectivity index (χ4v) is 1.91. The van der Waals surface area contributed by atoms with Crippen molar-refractivity contribution in [3.63, 3.8) is 0 Å². The maximum atomic E-state index is 9.47. The van der Waals surface area contributed by atoms with E-state index in [1.165, 1.54) is 25.7 Å². The third kappa shape index (κ3) is 2.69. The first-order chi connectivity index (χ1) is 7.25. The highest BCUT2D eigenvalue weighted by Gasteiger charge is 2.15. The van der Waals surface area contributed by atoms with E-state index in [9.17, 15) is 5.11 Å². The van der Waals surface area contributed by atoms with Crippen molar-refractivity contribution in [2.45, 2.75) is 45.3 Å². The van der Waals surface area contributed by atoms with Crippen LogP contribution in [0.2, 0.25) is 0 Å². The lowest BCUT2D eigenvalue weighted by Gasteiger charge is -2.11. The highest BCUT2D eigenvalue weighted by molar-refractivity contribution is 5.28. The highest BCUT2D eigenvalue weighted by Crippen LogP contribution is 2.22. The highest BCUT2D eigenvalue weighted by atomic mass is 16.5. The molecule has 1 aliphatic carbocycles. The van der Waals surface area contributed by atoms with Crippen molar-refractivity contribution < 1.29 is 9.84 Å². The summed E-state index contributed by atoms with van der Waals surface area (Å²) in [5.41, 5.74) is 1.62. The Morgan fingerprint density at radius 3 is 2.87 bits per heavy atom. The number of hydrogen-bond donors (Lipinski definition) is 1. The second-order valence-electron chi connectivity index (χ2n) is 4.17. The zero-order valence-corrected chi connectivity index (χ0v) is 9.07. The molecule has 0 amide bonds. The third-order valence-electron chi connectivity index (χ3n) is 2.90. The van der Waals surface area contributed by atoms with Crippen LogP contribution < -0.4 is 0 Å². The first-order valence-corrected chi connectivity index (χ1v) is 5.52. The van der Waals surface area contributed by atoms with Gasteiger partial charge in [-0.15, -0.1) is 0 Å². The second-order valence-corrected chi connectivity index (χ2v) is 4.17. The molecule has 0 bridgehead atoms. The summed E-state index contributed by atoms with van der Waals surface area (Å²) in [5.74, 6) is 0.252. The first kappa shape index (κ1) is 10.4. The number of rotatable bonds is 3. The number of nitrogens with zero attached hydrogens (tertiary/aromatic N) is 1. The molecule has 15 heavy (non-hydrogen) atoms. The predicted molar refractivity (Wildman–Crippen MR) is 57.7 cm³/mol. The van der Waals surface area contributed by atoms with Crippen LogP contribution >= 0.6 is 0 Å². The van der Waals surface area contributed by atoms with Crippen LogP contribution in [-0.2, 0) is 11.3 Å². The summed E-state index contributed by atoms with van der Waals surface area (Å²) >= 11 is 0. The first-order valence-electron chi connectivity index (χ1n) is 5.52. The molecule has 1 N–H and O–H groups in total. The van der Waals surface area contributed by atoms with Crippen molar-refractivity contribution in [3.05, 3.63) is 23.5 Å². The predicted octanol–water partition coefficient (Wildman–Crippen LogP) is 2.55. The average molecular weight is 207 g/mol. The number of hydrogen-bond acceptors (Lipinski definition) is 3. The van der Waals surface area contributed by atoms with Crippen LogP contribution in [0.25, 0.3) is 0 Å². The summed E-state index contributed by atoms with van der Waals surface area (Å²) in [6.07, 6.45) is 7.08. The number of aromatic nitrogens is 1. The largest absolute Gasteiger partial charge is 0.506 e. The maximum absolute atomic E-state index is 9.47. The molecule has 3 nitrogen and oxygen atoms in total. The molecule has 0 spiro atoms. The van der Waals surface area contributed by atoms with Gasteiger partial charge in [0.15, 0.2) is 0 Å². The molecule has 82 valence electrons. The van der Waals surface area contributed by atoms with Crippen LogP contribution in [0, 0.1) is 6.92 Å². The van der Waals surface area contributed by atoms with Crippen LogP contribution in [-0.4, -0.2) is 16.2 Å².